The molecule has 0 aromatic heterocycles. The van der Waals surface area contributed by atoms with Gasteiger partial charge in [-0.15, -0.1) is 0 Å². The van der Waals surface area contributed by atoms with Gasteiger partial charge in [0.15, 0.2) is 0 Å². The van der Waals surface area contributed by atoms with Gasteiger partial charge in [-0.05, 0) is 29.8 Å². The molecule has 0 fully saturated rings. The van der Waals surface area contributed by atoms with Crippen molar-refractivity contribution >= 4 is 23.6 Å². The van der Waals surface area contributed by atoms with Gasteiger partial charge < -0.3 is 19.9 Å². The molecule has 2 N–H and O–H groups in total. The van der Waals surface area contributed by atoms with Crippen molar-refractivity contribution in [2.75, 3.05) is 12.4 Å². The zero-order valence-corrected chi connectivity index (χ0v) is 15.0. The molecule has 0 heterocycles. The number of ether oxygens (including phenoxy) is 2. The van der Waals surface area contributed by atoms with E-state index in [9.17, 15) is 14.7 Å². The van der Waals surface area contributed by atoms with E-state index in [1.807, 2.05) is 6.07 Å². The molecular weight excluding hydrogens is 346 g/mol. The molecule has 138 valence electrons. The first-order valence-electron chi connectivity index (χ1n) is 8.07. The first kappa shape index (κ1) is 19.6. The molecule has 0 saturated heterocycles. The van der Waals surface area contributed by atoms with E-state index in [2.05, 4.69) is 17.3 Å². The van der Waals surface area contributed by atoms with Crippen LogP contribution in [-0.4, -0.2) is 24.1 Å². The highest BCUT2D eigenvalue weighted by Gasteiger charge is 2.11. The van der Waals surface area contributed by atoms with Gasteiger partial charge >= 0.3 is 5.97 Å². The number of hydrogen-bond acceptors (Lipinski definition) is 4. The normalized spacial score (nSPS) is 10.0. The fraction of sp³-hybridized carbons (Fsp3) is 0.143. The lowest BCUT2D eigenvalue weighted by atomic mass is 10.1. The average molecular weight is 365 g/mol. The number of carboxylic acids is 1. The minimum absolute atomic E-state index is 0.0212. The zero-order valence-electron chi connectivity index (χ0n) is 15.0. The predicted molar refractivity (Wildman–Crippen MR) is 102 cm³/mol. The maximum absolute atomic E-state index is 12.2. The number of anilines is 1. The van der Waals surface area contributed by atoms with Crippen LogP contribution in [0.4, 0.5) is 5.69 Å². The van der Waals surface area contributed by atoms with E-state index in [4.69, 9.17) is 9.47 Å². The Morgan fingerprint density at radius 1 is 1.19 bits per heavy atom. The third-order valence-corrected chi connectivity index (χ3v) is 3.61. The average Bonchev–Trinajstić information content (AvgIpc) is 2.67. The molecule has 6 heteroatoms. The molecule has 6 nitrogen and oxygen atoms in total. The predicted octanol–water partition coefficient (Wildman–Crippen LogP) is 3.54. The summed E-state index contributed by atoms with van der Waals surface area (Å²) in [6.45, 7) is 1.87. The summed E-state index contributed by atoms with van der Waals surface area (Å²) >= 11 is 0. The summed E-state index contributed by atoms with van der Waals surface area (Å²) < 4.78 is 10.6. The highest BCUT2D eigenvalue weighted by atomic mass is 16.5. The number of nitrogens with one attached hydrogen (secondary N) is 1. The molecule has 0 aliphatic heterocycles. The van der Waals surface area contributed by atoms with Crippen LogP contribution in [0, 0.1) is 12.0 Å². The van der Waals surface area contributed by atoms with Crippen LogP contribution in [-0.2, 0) is 16.1 Å². The number of amides is 1. The Bertz CT molecular complexity index is 922. The van der Waals surface area contributed by atoms with Crippen molar-refractivity contribution in [3.05, 3.63) is 65.2 Å². The van der Waals surface area contributed by atoms with Gasteiger partial charge in [-0.2, -0.15) is 0 Å². The van der Waals surface area contributed by atoms with Gasteiger partial charge in [-0.3, -0.25) is 4.79 Å². The molecule has 0 unspecified atom stereocenters. The molecule has 2 aromatic rings. The van der Waals surface area contributed by atoms with Gasteiger partial charge in [-0.25, -0.2) is 4.79 Å². The topological polar surface area (TPSA) is 84.9 Å². The van der Waals surface area contributed by atoms with Gasteiger partial charge in [-0.1, -0.05) is 30.2 Å². The highest BCUT2D eigenvalue weighted by Crippen LogP contribution is 2.24. The van der Waals surface area contributed by atoms with Crippen molar-refractivity contribution in [2.24, 2.45) is 0 Å². The number of hydrogen-bond donors (Lipinski definition) is 2. The van der Waals surface area contributed by atoms with E-state index in [-0.39, 0.29) is 17.9 Å². The van der Waals surface area contributed by atoms with Gasteiger partial charge in [0.25, 0.3) is 0 Å². The second-order valence-electron chi connectivity index (χ2n) is 5.34. The van der Waals surface area contributed by atoms with Crippen LogP contribution in [0.15, 0.2) is 48.5 Å². The summed E-state index contributed by atoms with van der Waals surface area (Å²) in [5.41, 5.74) is 1.73. The summed E-state index contributed by atoms with van der Waals surface area (Å²) in [4.78, 5) is 23.4. The Kier molecular flexibility index (Phi) is 7.03. The molecule has 0 atom stereocenters. The van der Waals surface area contributed by atoms with Crippen LogP contribution in [0.2, 0.25) is 0 Å². The monoisotopic (exact) mass is 365 g/mol. The number of para-hydroxylation sites is 1. The van der Waals surface area contributed by atoms with Crippen LogP contribution >= 0.6 is 0 Å². The minimum atomic E-state index is -1.11. The van der Waals surface area contributed by atoms with Gasteiger partial charge in [0.1, 0.15) is 18.5 Å². The largest absolute Gasteiger partial charge is 0.496 e. The number of benzene rings is 2. The highest BCUT2D eigenvalue weighted by molar-refractivity contribution is 6.06. The Morgan fingerprint density at radius 3 is 2.67 bits per heavy atom. The van der Waals surface area contributed by atoms with Crippen LogP contribution in [0.3, 0.4) is 0 Å². The quantitative estimate of drug-likeness (QED) is 0.579. The zero-order chi connectivity index (χ0) is 19.6. The number of carbonyl (C=O) groups excluding carboxylic acids is 1. The van der Waals surface area contributed by atoms with E-state index in [0.717, 1.165) is 11.1 Å². The Labute approximate surface area is 157 Å². The van der Waals surface area contributed by atoms with E-state index in [1.165, 1.54) is 18.2 Å². The molecule has 1 amide bonds. The fourth-order valence-electron chi connectivity index (χ4n) is 2.38. The SMILES string of the molecule is CC#COCc1c(/C=C/C(=O)Nc2ccccc2C(=O)O)cccc1OC. The molecule has 2 aromatic carbocycles. The van der Waals surface area contributed by atoms with Crippen LogP contribution in [0.25, 0.3) is 6.08 Å². The van der Waals surface area contributed by atoms with Gasteiger partial charge in [0.05, 0.1) is 18.4 Å². The number of carbonyl (C=O) groups is 2. The van der Waals surface area contributed by atoms with E-state index >= 15 is 0 Å². The molecule has 0 spiro atoms. The Balaban J connectivity index is 2.20. The Morgan fingerprint density at radius 2 is 1.96 bits per heavy atom. The van der Waals surface area contributed by atoms with Crippen LogP contribution in [0.5, 0.6) is 5.75 Å². The van der Waals surface area contributed by atoms with Crippen molar-refractivity contribution in [3.63, 3.8) is 0 Å². The first-order valence-corrected chi connectivity index (χ1v) is 8.07. The number of rotatable bonds is 7. The van der Waals surface area contributed by atoms with Crippen molar-refractivity contribution < 1.29 is 24.2 Å². The molecule has 0 bridgehead atoms. The van der Waals surface area contributed by atoms with E-state index in [0.29, 0.717) is 5.75 Å². The maximum atomic E-state index is 12.2. The summed E-state index contributed by atoms with van der Waals surface area (Å²) in [7, 11) is 1.55. The molecule has 0 aliphatic rings. The molecule has 27 heavy (non-hydrogen) atoms. The van der Waals surface area contributed by atoms with Crippen molar-refractivity contribution in [3.8, 4) is 17.8 Å². The number of aromatic carboxylic acids is 1. The minimum Gasteiger partial charge on any atom is -0.496 e. The first-order chi connectivity index (χ1) is 13.1. The maximum Gasteiger partial charge on any atom is 0.337 e. The number of methoxy groups -OCH3 is 1. The van der Waals surface area contributed by atoms with Crippen LogP contribution in [0.1, 0.15) is 28.4 Å². The summed E-state index contributed by atoms with van der Waals surface area (Å²) in [5, 5.41) is 11.7. The third kappa shape index (κ3) is 5.38. The van der Waals surface area contributed by atoms with Gasteiger partial charge in [0, 0.05) is 18.6 Å². The summed E-state index contributed by atoms with van der Waals surface area (Å²) in [6, 6.07) is 11.6. The fourth-order valence-corrected chi connectivity index (χ4v) is 2.38. The summed E-state index contributed by atoms with van der Waals surface area (Å²) in [6.07, 6.45) is 5.46. The molecule has 0 saturated carbocycles. The second-order valence-corrected chi connectivity index (χ2v) is 5.34. The van der Waals surface area contributed by atoms with Crippen molar-refractivity contribution in [1.29, 1.82) is 0 Å². The van der Waals surface area contributed by atoms with Crippen molar-refractivity contribution in [2.45, 2.75) is 13.5 Å². The molecule has 0 radical (unpaired) electrons. The molecule has 0 aliphatic carbocycles. The van der Waals surface area contributed by atoms with Gasteiger partial charge in [0.2, 0.25) is 5.91 Å². The lowest BCUT2D eigenvalue weighted by Crippen LogP contribution is -2.11. The third-order valence-electron chi connectivity index (χ3n) is 3.61. The second kappa shape index (κ2) is 9.68. The smallest absolute Gasteiger partial charge is 0.337 e. The van der Waals surface area contributed by atoms with Crippen LogP contribution < -0.4 is 10.1 Å². The molecular formula is C21H19NO5. The lowest BCUT2D eigenvalue weighted by molar-refractivity contribution is -0.111. The lowest BCUT2D eigenvalue weighted by Gasteiger charge is -2.10. The number of carboxylic acid groups (broad SMARTS) is 1. The van der Waals surface area contributed by atoms with E-state index < -0.39 is 11.9 Å². The molecule has 2 rings (SSSR count). The Hall–Kier alpha value is -3.72. The standard InChI is InChI=1S/C21H19NO5/c1-3-13-27-14-17-15(7-6-10-19(17)26-2)11-12-20(23)22-18-9-5-4-8-16(18)21(24)25/h4-12H,14H2,1-2H3,(H,22,23)(H,24,25)/b12-11+. The summed E-state index contributed by atoms with van der Waals surface area (Å²) in [5.74, 6) is 1.70. The van der Waals surface area contributed by atoms with E-state index in [1.54, 1.807) is 44.4 Å². The van der Waals surface area contributed by atoms with Crippen molar-refractivity contribution in [1.82, 2.24) is 0 Å².